The van der Waals surface area contributed by atoms with Gasteiger partial charge in [-0.15, -0.1) is 6.58 Å². The molecule has 1 aliphatic rings. The topological polar surface area (TPSA) is 0 Å². The van der Waals surface area contributed by atoms with Crippen LogP contribution in [0.1, 0.15) is 32.6 Å². The second-order valence-corrected chi connectivity index (χ2v) is 3.14. The van der Waals surface area contributed by atoms with Crippen molar-refractivity contribution in [1.82, 2.24) is 0 Å². The Morgan fingerprint density at radius 1 is 1.62 bits per heavy atom. The summed E-state index contributed by atoms with van der Waals surface area (Å²) < 4.78 is 0. The zero-order chi connectivity index (χ0) is 6.04. The van der Waals surface area contributed by atoms with E-state index in [2.05, 4.69) is 13.5 Å². The lowest BCUT2D eigenvalue weighted by atomic mass is 10.0. The standard InChI is InChI=1S/C8H14/c1-3-4-5-8(2)6-7-8/h3H,1,4-7H2,2H3. The number of allylic oxidation sites excluding steroid dienone is 1. The average Bonchev–Trinajstić information content (AvgIpc) is 2.45. The largest absolute Gasteiger partial charge is 0.103 e. The summed E-state index contributed by atoms with van der Waals surface area (Å²) in [5.74, 6) is 0. The Hall–Kier alpha value is -0.260. The van der Waals surface area contributed by atoms with Crippen LogP contribution in [0.3, 0.4) is 0 Å². The molecule has 1 aliphatic carbocycles. The summed E-state index contributed by atoms with van der Waals surface area (Å²) in [6, 6.07) is 0. The van der Waals surface area contributed by atoms with Crippen LogP contribution in [0.2, 0.25) is 0 Å². The van der Waals surface area contributed by atoms with Gasteiger partial charge in [0.2, 0.25) is 0 Å². The molecule has 0 bridgehead atoms. The minimum Gasteiger partial charge on any atom is -0.103 e. The van der Waals surface area contributed by atoms with Crippen molar-refractivity contribution in [1.29, 1.82) is 0 Å². The Balaban J connectivity index is 2.09. The van der Waals surface area contributed by atoms with Crippen LogP contribution in [0.4, 0.5) is 0 Å². The minimum atomic E-state index is 0.730. The van der Waals surface area contributed by atoms with Gasteiger partial charge in [-0.25, -0.2) is 0 Å². The second-order valence-electron chi connectivity index (χ2n) is 3.14. The number of hydrogen-bond donors (Lipinski definition) is 0. The molecule has 1 fully saturated rings. The highest BCUT2D eigenvalue weighted by molar-refractivity contribution is 4.89. The van der Waals surface area contributed by atoms with E-state index in [-0.39, 0.29) is 0 Å². The predicted octanol–water partition coefficient (Wildman–Crippen LogP) is 2.75. The Labute approximate surface area is 51.6 Å². The van der Waals surface area contributed by atoms with E-state index >= 15 is 0 Å². The van der Waals surface area contributed by atoms with Gasteiger partial charge in [-0.05, 0) is 31.1 Å². The maximum atomic E-state index is 3.69. The molecule has 0 N–H and O–H groups in total. The van der Waals surface area contributed by atoms with E-state index in [9.17, 15) is 0 Å². The maximum absolute atomic E-state index is 3.69. The Morgan fingerprint density at radius 3 is 2.62 bits per heavy atom. The zero-order valence-electron chi connectivity index (χ0n) is 5.61. The quantitative estimate of drug-likeness (QED) is 0.490. The molecule has 0 amide bonds. The van der Waals surface area contributed by atoms with E-state index in [1.54, 1.807) is 0 Å². The first-order valence-electron chi connectivity index (χ1n) is 3.38. The Bertz CT molecular complexity index is 88.2. The molecule has 46 valence electrons. The van der Waals surface area contributed by atoms with Gasteiger partial charge in [0.05, 0.1) is 0 Å². The average molecular weight is 110 g/mol. The molecule has 0 radical (unpaired) electrons. The maximum Gasteiger partial charge on any atom is -0.0322 e. The summed E-state index contributed by atoms with van der Waals surface area (Å²) >= 11 is 0. The Kier molecular flexibility index (Phi) is 1.41. The van der Waals surface area contributed by atoms with Crippen molar-refractivity contribution in [3.63, 3.8) is 0 Å². The summed E-state index contributed by atoms with van der Waals surface area (Å²) in [6.07, 6.45) is 7.47. The van der Waals surface area contributed by atoms with Crippen LogP contribution in [0.15, 0.2) is 12.7 Å². The molecular formula is C8H14. The van der Waals surface area contributed by atoms with Crippen molar-refractivity contribution in [2.24, 2.45) is 5.41 Å². The van der Waals surface area contributed by atoms with E-state index in [0.29, 0.717) is 0 Å². The summed E-state index contributed by atoms with van der Waals surface area (Å²) in [5.41, 5.74) is 0.730. The van der Waals surface area contributed by atoms with Gasteiger partial charge in [0.25, 0.3) is 0 Å². The van der Waals surface area contributed by atoms with Crippen molar-refractivity contribution >= 4 is 0 Å². The van der Waals surface area contributed by atoms with Gasteiger partial charge in [0.1, 0.15) is 0 Å². The molecule has 0 aromatic heterocycles. The third-order valence-corrected chi connectivity index (χ3v) is 2.06. The summed E-state index contributed by atoms with van der Waals surface area (Å²) in [7, 11) is 0. The zero-order valence-corrected chi connectivity index (χ0v) is 5.61. The molecular weight excluding hydrogens is 96.1 g/mol. The van der Waals surface area contributed by atoms with Crippen LogP contribution in [0.5, 0.6) is 0 Å². The molecule has 0 unspecified atom stereocenters. The first-order chi connectivity index (χ1) is 3.77. The number of rotatable bonds is 3. The SMILES string of the molecule is C=CCCC1(C)CC1. The highest BCUT2D eigenvalue weighted by Crippen LogP contribution is 2.48. The van der Waals surface area contributed by atoms with Crippen LogP contribution >= 0.6 is 0 Å². The third kappa shape index (κ3) is 1.36. The van der Waals surface area contributed by atoms with Gasteiger partial charge in [-0.2, -0.15) is 0 Å². The van der Waals surface area contributed by atoms with E-state index in [1.807, 2.05) is 6.08 Å². The summed E-state index contributed by atoms with van der Waals surface area (Å²) in [6.45, 7) is 6.05. The second kappa shape index (κ2) is 1.93. The van der Waals surface area contributed by atoms with Crippen LogP contribution in [0, 0.1) is 5.41 Å². The molecule has 1 saturated carbocycles. The van der Waals surface area contributed by atoms with E-state index in [4.69, 9.17) is 0 Å². The minimum absolute atomic E-state index is 0.730. The fourth-order valence-corrected chi connectivity index (χ4v) is 0.914. The molecule has 0 aromatic rings. The Morgan fingerprint density at radius 2 is 2.25 bits per heavy atom. The van der Waals surface area contributed by atoms with Crippen LogP contribution in [-0.2, 0) is 0 Å². The normalized spacial score (nSPS) is 22.6. The van der Waals surface area contributed by atoms with Gasteiger partial charge in [0, 0.05) is 0 Å². The van der Waals surface area contributed by atoms with E-state index in [1.165, 1.54) is 25.7 Å². The molecule has 0 heteroatoms. The van der Waals surface area contributed by atoms with Gasteiger partial charge in [0.15, 0.2) is 0 Å². The highest BCUT2D eigenvalue weighted by Gasteiger charge is 2.35. The van der Waals surface area contributed by atoms with Crippen molar-refractivity contribution in [3.8, 4) is 0 Å². The third-order valence-electron chi connectivity index (χ3n) is 2.06. The highest BCUT2D eigenvalue weighted by atomic mass is 14.4. The molecule has 0 aliphatic heterocycles. The molecule has 0 saturated heterocycles. The van der Waals surface area contributed by atoms with E-state index < -0.39 is 0 Å². The van der Waals surface area contributed by atoms with Crippen LogP contribution in [-0.4, -0.2) is 0 Å². The lowest BCUT2D eigenvalue weighted by Gasteiger charge is -2.02. The molecule has 8 heavy (non-hydrogen) atoms. The van der Waals surface area contributed by atoms with Crippen LogP contribution in [0.25, 0.3) is 0 Å². The molecule has 1 rings (SSSR count). The lowest BCUT2D eigenvalue weighted by Crippen LogP contribution is -1.89. The number of hydrogen-bond acceptors (Lipinski definition) is 0. The van der Waals surface area contributed by atoms with Gasteiger partial charge in [-0.1, -0.05) is 13.0 Å². The van der Waals surface area contributed by atoms with Gasteiger partial charge in [-0.3, -0.25) is 0 Å². The monoisotopic (exact) mass is 110 g/mol. The first kappa shape index (κ1) is 5.87. The predicted molar refractivity (Wildman–Crippen MR) is 36.8 cm³/mol. The fourth-order valence-electron chi connectivity index (χ4n) is 0.914. The fraction of sp³-hybridized carbons (Fsp3) is 0.750. The summed E-state index contributed by atoms with van der Waals surface area (Å²) in [5, 5.41) is 0. The molecule has 0 nitrogen and oxygen atoms in total. The first-order valence-corrected chi connectivity index (χ1v) is 3.38. The van der Waals surface area contributed by atoms with Crippen molar-refractivity contribution < 1.29 is 0 Å². The molecule has 0 heterocycles. The molecule has 0 aromatic carbocycles. The van der Waals surface area contributed by atoms with Crippen molar-refractivity contribution in [3.05, 3.63) is 12.7 Å². The smallest absolute Gasteiger partial charge is 0.0322 e. The van der Waals surface area contributed by atoms with Gasteiger partial charge >= 0.3 is 0 Å². The molecule has 0 spiro atoms. The van der Waals surface area contributed by atoms with Crippen molar-refractivity contribution in [2.45, 2.75) is 32.6 Å². The van der Waals surface area contributed by atoms with Crippen molar-refractivity contribution in [2.75, 3.05) is 0 Å². The van der Waals surface area contributed by atoms with Crippen LogP contribution < -0.4 is 0 Å². The molecule has 0 atom stereocenters. The lowest BCUT2D eigenvalue weighted by molar-refractivity contribution is 0.525. The van der Waals surface area contributed by atoms with E-state index in [0.717, 1.165) is 5.41 Å². The summed E-state index contributed by atoms with van der Waals surface area (Å²) in [4.78, 5) is 0. The van der Waals surface area contributed by atoms with Gasteiger partial charge < -0.3 is 0 Å².